The molecule has 2 rings (SSSR count). The molecule has 0 saturated carbocycles. The average molecular weight is 208 g/mol. The van der Waals surface area contributed by atoms with Gasteiger partial charge >= 0.3 is 0 Å². The molecular formula is C11H20N4. The Hall–Kier alpha value is -0.870. The van der Waals surface area contributed by atoms with Gasteiger partial charge in [-0.2, -0.15) is 5.10 Å². The normalized spacial score (nSPS) is 22.4. The molecule has 1 aliphatic heterocycles. The molecule has 0 bridgehead atoms. The van der Waals surface area contributed by atoms with Crippen molar-refractivity contribution in [1.82, 2.24) is 14.7 Å². The molecule has 0 radical (unpaired) electrons. The van der Waals surface area contributed by atoms with Gasteiger partial charge in [-0.3, -0.25) is 9.58 Å². The van der Waals surface area contributed by atoms with Crippen LogP contribution in [0.5, 0.6) is 0 Å². The zero-order valence-corrected chi connectivity index (χ0v) is 9.39. The number of likely N-dealkylation sites (tertiary alicyclic amines) is 1. The standard InChI is InChI=1S/C11H20N4/c1-14-6-4-11(13-14)9-15-7-3-10(8-15)2-5-12/h4,6,10H,2-3,5,7-9,12H2,1H3. The van der Waals surface area contributed by atoms with Crippen LogP contribution in [0.4, 0.5) is 0 Å². The number of aromatic nitrogens is 2. The largest absolute Gasteiger partial charge is 0.330 e. The first-order valence-corrected chi connectivity index (χ1v) is 5.69. The van der Waals surface area contributed by atoms with Crippen molar-refractivity contribution in [2.24, 2.45) is 18.7 Å². The summed E-state index contributed by atoms with van der Waals surface area (Å²) in [5.41, 5.74) is 6.75. The lowest BCUT2D eigenvalue weighted by atomic mass is 10.1. The third-order valence-electron chi connectivity index (χ3n) is 3.10. The van der Waals surface area contributed by atoms with E-state index in [1.807, 2.05) is 17.9 Å². The molecule has 2 N–H and O–H groups in total. The second-order valence-electron chi connectivity index (χ2n) is 4.45. The second kappa shape index (κ2) is 4.77. The first-order chi connectivity index (χ1) is 7.28. The first-order valence-electron chi connectivity index (χ1n) is 5.69. The molecule has 4 heteroatoms. The van der Waals surface area contributed by atoms with Crippen LogP contribution in [0.2, 0.25) is 0 Å². The molecule has 2 heterocycles. The second-order valence-corrected chi connectivity index (χ2v) is 4.45. The fourth-order valence-corrected chi connectivity index (χ4v) is 2.30. The van der Waals surface area contributed by atoms with Gasteiger partial charge in [-0.15, -0.1) is 0 Å². The molecule has 4 nitrogen and oxygen atoms in total. The lowest BCUT2D eigenvalue weighted by Crippen LogP contribution is -2.21. The van der Waals surface area contributed by atoms with Gasteiger partial charge in [-0.25, -0.2) is 0 Å². The Morgan fingerprint density at radius 1 is 1.60 bits per heavy atom. The summed E-state index contributed by atoms with van der Waals surface area (Å²) in [6.45, 7) is 4.19. The summed E-state index contributed by atoms with van der Waals surface area (Å²) >= 11 is 0. The molecule has 1 aromatic heterocycles. The maximum absolute atomic E-state index is 5.58. The summed E-state index contributed by atoms with van der Waals surface area (Å²) in [6.07, 6.45) is 4.46. The molecule has 15 heavy (non-hydrogen) atoms. The molecule has 1 saturated heterocycles. The molecule has 1 unspecified atom stereocenters. The van der Waals surface area contributed by atoms with Gasteiger partial charge in [0.05, 0.1) is 5.69 Å². The number of rotatable bonds is 4. The monoisotopic (exact) mass is 208 g/mol. The SMILES string of the molecule is Cn1ccc(CN2CCC(CCN)C2)n1. The van der Waals surface area contributed by atoms with E-state index in [4.69, 9.17) is 5.73 Å². The maximum atomic E-state index is 5.58. The Balaban J connectivity index is 1.82. The topological polar surface area (TPSA) is 47.1 Å². The minimum absolute atomic E-state index is 0.804. The lowest BCUT2D eigenvalue weighted by Gasteiger charge is -2.13. The summed E-state index contributed by atoms with van der Waals surface area (Å²) in [6, 6.07) is 2.09. The van der Waals surface area contributed by atoms with Crippen LogP contribution in [0, 0.1) is 5.92 Å². The van der Waals surface area contributed by atoms with Gasteiger partial charge in [0.2, 0.25) is 0 Å². The zero-order valence-electron chi connectivity index (χ0n) is 9.39. The predicted octanol–water partition coefficient (Wildman–Crippen LogP) is 0.591. The molecule has 0 aromatic carbocycles. The summed E-state index contributed by atoms with van der Waals surface area (Å²) in [5, 5.41) is 4.40. The molecule has 1 aliphatic rings. The Kier molecular flexibility index (Phi) is 3.38. The van der Waals surface area contributed by atoms with E-state index in [-0.39, 0.29) is 0 Å². The number of hydrogen-bond acceptors (Lipinski definition) is 3. The van der Waals surface area contributed by atoms with Crippen molar-refractivity contribution < 1.29 is 0 Å². The number of aryl methyl sites for hydroxylation is 1. The van der Waals surface area contributed by atoms with Crippen molar-refractivity contribution in [2.45, 2.75) is 19.4 Å². The highest BCUT2D eigenvalue weighted by Gasteiger charge is 2.21. The molecule has 1 aromatic rings. The van der Waals surface area contributed by atoms with E-state index in [2.05, 4.69) is 16.1 Å². The number of hydrogen-bond donors (Lipinski definition) is 1. The number of nitrogens with two attached hydrogens (primary N) is 1. The Labute approximate surface area is 91.1 Å². The van der Waals surface area contributed by atoms with Crippen LogP contribution in [0.15, 0.2) is 12.3 Å². The van der Waals surface area contributed by atoms with Crippen molar-refractivity contribution >= 4 is 0 Å². The molecule has 84 valence electrons. The average Bonchev–Trinajstić information content (AvgIpc) is 2.78. The molecule has 0 spiro atoms. The third kappa shape index (κ3) is 2.79. The van der Waals surface area contributed by atoms with Crippen molar-refractivity contribution in [3.05, 3.63) is 18.0 Å². The highest BCUT2D eigenvalue weighted by Crippen LogP contribution is 2.20. The van der Waals surface area contributed by atoms with Crippen LogP contribution in [-0.4, -0.2) is 34.3 Å². The summed E-state index contributed by atoms with van der Waals surface area (Å²) in [4.78, 5) is 2.47. The quantitative estimate of drug-likeness (QED) is 0.788. The summed E-state index contributed by atoms with van der Waals surface area (Å²) < 4.78 is 1.86. The van der Waals surface area contributed by atoms with Gasteiger partial charge in [0.25, 0.3) is 0 Å². The van der Waals surface area contributed by atoms with E-state index < -0.39 is 0 Å². The minimum Gasteiger partial charge on any atom is -0.330 e. The highest BCUT2D eigenvalue weighted by molar-refractivity contribution is 4.99. The van der Waals surface area contributed by atoms with E-state index in [1.165, 1.54) is 31.6 Å². The van der Waals surface area contributed by atoms with Crippen molar-refractivity contribution in [2.75, 3.05) is 19.6 Å². The van der Waals surface area contributed by atoms with E-state index in [1.54, 1.807) is 0 Å². The zero-order chi connectivity index (χ0) is 10.7. The van der Waals surface area contributed by atoms with Gasteiger partial charge < -0.3 is 5.73 Å². The molecule has 0 aliphatic carbocycles. The highest BCUT2D eigenvalue weighted by atomic mass is 15.3. The van der Waals surface area contributed by atoms with Crippen LogP contribution in [0.3, 0.4) is 0 Å². The fourth-order valence-electron chi connectivity index (χ4n) is 2.30. The van der Waals surface area contributed by atoms with Crippen molar-refractivity contribution in [1.29, 1.82) is 0 Å². The lowest BCUT2D eigenvalue weighted by molar-refractivity contribution is 0.309. The van der Waals surface area contributed by atoms with Crippen molar-refractivity contribution in [3.8, 4) is 0 Å². The van der Waals surface area contributed by atoms with Crippen LogP contribution in [0.1, 0.15) is 18.5 Å². The van der Waals surface area contributed by atoms with E-state index >= 15 is 0 Å². The van der Waals surface area contributed by atoms with Gasteiger partial charge in [0, 0.05) is 26.3 Å². The smallest absolute Gasteiger partial charge is 0.0764 e. The van der Waals surface area contributed by atoms with Crippen LogP contribution < -0.4 is 5.73 Å². The molecule has 1 atom stereocenters. The minimum atomic E-state index is 0.804. The van der Waals surface area contributed by atoms with Crippen LogP contribution in [0.25, 0.3) is 0 Å². The summed E-state index contributed by atoms with van der Waals surface area (Å²) in [7, 11) is 1.96. The number of nitrogens with zero attached hydrogens (tertiary/aromatic N) is 3. The van der Waals surface area contributed by atoms with Gasteiger partial charge in [0.1, 0.15) is 0 Å². The Morgan fingerprint density at radius 2 is 2.47 bits per heavy atom. The molecular weight excluding hydrogens is 188 g/mol. The van der Waals surface area contributed by atoms with Crippen LogP contribution in [-0.2, 0) is 13.6 Å². The Morgan fingerprint density at radius 3 is 3.13 bits per heavy atom. The summed E-state index contributed by atoms with van der Waals surface area (Å²) in [5.74, 6) is 0.804. The maximum Gasteiger partial charge on any atom is 0.0764 e. The first kappa shape index (κ1) is 10.6. The molecule has 0 amide bonds. The Bertz CT molecular complexity index is 307. The third-order valence-corrected chi connectivity index (χ3v) is 3.10. The van der Waals surface area contributed by atoms with Gasteiger partial charge in [-0.1, -0.05) is 0 Å². The predicted molar refractivity (Wildman–Crippen MR) is 60.3 cm³/mol. The van der Waals surface area contributed by atoms with Crippen molar-refractivity contribution in [3.63, 3.8) is 0 Å². The van der Waals surface area contributed by atoms with Crippen LogP contribution >= 0.6 is 0 Å². The fraction of sp³-hybridized carbons (Fsp3) is 0.727. The van der Waals surface area contributed by atoms with E-state index in [0.717, 1.165) is 19.0 Å². The molecule has 1 fully saturated rings. The van der Waals surface area contributed by atoms with E-state index in [0.29, 0.717) is 0 Å². The van der Waals surface area contributed by atoms with Gasteiger partial charge in [-0.05, 0) is 37.9 Å². The van der Waals surface area contributed by atoms with Gasteiger partial charge in [0.15, 0.2) is 0 Å². The van der Waals surface area contributed by atoms with E-state index in [9.17, 15) is 0 Å².